The molecule has 2 aromatic heterocycles. The minimum atomic E-state index is -2.69. The molecule has 2 heterocycles. The molecule has 9 aromatic rings. The van der Waals surface area contributed by atoms with Crippen LogP contribution in [0.25, 0.3) is 56.0 Å². The quantitative estimate of drug-likeness (QED) is 0.105. The van der Waals surface area contributed by atoms with Crippen LogP contribution in [0.4, 0.5) is 0 Å². The molecule has 3 heteroatoms. The average molecular weight is 801 g/mol. The molecular formula is C58H48N2Si. The lowest BCUT2D eigenvalue weighted by atomic mass is 9.73. The molecule has 61 heavy (non-hydrogen) atoms. The molecule has 2 aliphatic rings. The topological polar surface area (TPSA) is 17.8 Å². The van der Waals surface area contributed by atoms with Gasteiger partial charge in [-0.2, -0.15) is 0 Å². The number of hydrogen-bond acceptors (Lipinski definition) is 1. The summed E-state index contributed by atoms with van der Waals surface area (Å²) in [5, 5.41) is 6.98. The van der Waals surface area contributed by atoms with Gasteiger partial charge in [-0.05, 0) is 133 Å². The van der Waals surface area contributed by atoms with Crippen LogP contribution in [0.2, 0.25) is 0 Å². The van der Waals surface area contributed by atoms with Crippen LogP contribution in [0.1, 0.15) is 55.5 Å². The normalized spacial score (nSPS) is 13.8. The van der Waals surface area contributed by atoms with Gasteiger partial charge in [-0.15, -0.1) is 0 Å². The van der Waals surface area contributed by atoms with Gasteiger partial charge in [0, 0.05) is 40.1 Å². The van der Waals surface area contributed by atoms with E-state index in [0.29, 0.717) is 0 Å². The van der Waals surface area contributed by atoms with Gasteiger partial charge in [0.15, 0.2) is 8.07 Å². The second-order valence-electron chi connectivity index (χ2n) is 16.8. The van der Waals surface area contributed by atoms with Crippen LogP contribution in [0.5, 0.6) is 0 Å². The van der Waals surface area contributed by atoms with Gasteiger partial charge in [-0.3, -0.25) is 4.98 Å². The van der Waals surface area contributed by atoms with Crippen LogP contribution in [0.3, 0.4) is 0 Å². The fourth-order valence-electron chi connectivity index (χ4n) is 11.0. The summed E-state index contributed by atoms with van der Waals surface area (Å²) in [4.78, 5) is 4.21. The highest BCUT2D eigenvalue weighted by molar-refractivity contribution is 7.19. The predicted molar refractivity (Wildman–Crippen MR) is 260 cm³/mol. The number of fused-ring (bicyclic) bond motifs is 6. The standard InChI is InChI=1S/C58H48N2Si/c1-3-58(4-2)54-39-44(43-27-33-57-53(38-43)52-22-14-15-23-56(52)60(57)45-28-24-41(25-29-45)42-34-36-59-37-35-42)26-31-50(54)51-32-30-49(40-55(51)58)61(46-16-8-5-9-17-46,47-18-10-6-11-19-47)48-20-12-7-13-21-48/h5-14,16-22,24-40H,3-4,15,23H2,1-2H3. The molecule has 0 fully saturated rings. The maximum Gasteiger partial charge on any atom is 0.179 e. The summed E-state index contributed by atoms with van der Waals surface area (Å²) in [5.74, 6) is 0. The third-order valence-corrected chi connectivity index (χ3v) is 18.8. The molecule has 2 nitrogen and oxygen atoms in total. The van der Waals surface area contributed by atoms with E-state index >= 15 is 0 Å². The van der Waals surface area contributed by atoms with Crippen molar-refractivity contribution in [3.05, 3.63) is 223 Å². The lowest BCUT2D eigenvalue weighted by Gasteiger charge is -2.36. The average Bonchev–Trinajstić information content (AvgIpc) is 3.82. The summed E-state index contributed by atoms with van der Waals surface area (Å²) in [6.07, 6.45) is 12.6. The van der Waals surface area contributed by atoms with E-state index in [1.165, 1.54) is 93.1 Å². The Morgan fingerprint density at radius 2 is 1.07 bits per heavy atom. The Morgan fingerprint density at radius 3 is 1.69 bits per heavy atom. The third-order valence-electron chi connectivity index (χ3n) is 14.0. The number of allylic oxidation sites excluding steroid dienone is 1. The van der Waals surface area contributed by atoms with Crippen molar-refractivity contribution >= 4 is 45.8 Å². The number of nitrogens with zero attached hydrogens (tertiary/aromatic N) is 2. The first-order valence-corrected chi connectivity index (χ1v) is 24.0. The molecule has 2 aliphatic carbocycles. The minimum Gasteiger partial charge on any atom is -0.313 e. The van der Waals surface area contributed by atoms with Crippen molar-refractivity contribution in [2.45, 2.75) is 44.9 Å². The van der Waals surface area contributed by atoms with E-state index in [1.54, 1.807) is 0 Å². The van der Waals surface area contributed by atoms with Crippen molar-refractivity contribution in [1.82, 2.24) is 9.55 Å². The van der Waals surface area contributed by atoms with Crippen LogP contribution in [0, 0.1) is 0 Å². The van der Waals surface area contributed by atoms with E-state index in [2.05, 4.69) is 218 Å². The number of aromatic nitrogens is 2. The smallest absolute Gasteiger partial charge is 0.179 e. The largest absolute Gasteiger partial charge is 0.313 e. The summed E-state index contributed by atoms with van der Waals surface area (Å²) >= 11 is 0. The van der Waals surface area contributed by atoms with Crippen molar-refractivity contribution in [1.29, 1.82) is 0 Å². The predicted octanol–water partition coefficient (Wildman–Crippen LogP) is 11.8. The molecule has 0 saturated heterocycles. The van der Waals surface area contributed by atoms with Gasteiger partial charge in [-0.1, -0.05) is 166 Å². The van der Waals surface area contributed by atoms with Crippen LogP contribution in [-0.2, 0) is 11.8 Å². The number of benzene rings is 7. The highest BCUT2D eigenvalue weighted by atomic mass is 28.3. The van der Waals surface area contributed by atoms with E-state index in [9.17, 15) is 0 Å². The SMILES string of the molecule is CCC1(CC)c2cc(-c3ccc4c(c3)c3c(n4-c4ccc(-c5ccncc5)cc4)CCC=C3)ccc2-c2ccc([Si](c3ccccc3)(c3ccccc3)c3ccccc3)cc21. The Kier molecular flexibility index (Phi) is 9.16. The molecule has 0 amide bonds. The molecule has 0 atom stereocenters. The molecule has 0 aliphatic heterocycles. The third kappa shape index (κ3) is 5.79. The summed E-state index contributed by atoms with van der Waals surface area (Å²) in [6, 6.07) is 69.2. The van der Waals surface area contributed by atoms with Crippen LogP contribution >= 0.6 is 0 Å². The molecule has 0 saturated carbocycles. The minimum absolute atomic E-state index is 0.0986. The molecule has 294 valence electrons. The summed E-state index contributed by atoms with van der Waals surface area (Å²) < 4.78 is 2.49. The molecule has 0 bridgehead atoms. The second kappa shape index (κ2) is 15.0. The van der Waals surface area contributed by atoms with Gasteiger partial charge < -0.3 is 4.57 Å². The van der Waals surface area contributed by atoms with Gasteiger partial charge in [0.2, 0.25) is 0 Å². The molecule has 7 aromatic carbocycles. The van der Waals surface area contributed by atoms with Crippen molar-refractivity contribution in [2.24, 2.45) is 0 Å². The molecular weight excluding hydrogens is 753 g/mol. The first-order valence-electron chi connectivity index (χ1n) is 22.0. The van der Waals surface area contributed by atoms with Crippen molar-refractivity contribution in [3.8, 4) is 39.1 Å². The lowest BCUT2D eigenvalue weighted by Crippen LogP contribution is -2.74. The van der Waals surface area contributed by atoms with Gasteiger partial charge in [-0.25, -0.2) is 0 Å². The van der Waals surface area contributed by atoms with E-state index in [-0.39, 0.29) is 5.41 Å². The van der Waals surface area contributed by atoms with E-state index in [1.807, 2.05) is 12.4 Å². The highest BCUT2D eigenvalue weighted by Gasteiger charge is 2.45. The van der Waals surface area contributed by atoms with Crippen molar-refractivity contribution < 1.29 is 0 Å². The Morgan fingerprint density at radius 1 is 0.525 bits per heavy atom. The Balaban J connectivity index is 1.04. The molecule has 0 N–H and O–H groups in total. The summed E-state index contributed by atoms with van der Waals surface area (Å²) in [5.41, 5.74) is 15.7. The van der Waals surface area contributed by atoms with Gasteiger partial charge in [0.25, 0.3) is 0 Å². The maximum absolute atomic E-state index is 4.21. The first-order chi connectivity index (χ1) is 30.1. The first kappa shape index (κ1) is 37.2. The van der Waals surface area contributed by atoms with Crippen molar-refractivity contribution in [2.75, 3.05) is 0 Å². The second-order valence-corrected chi connectivity index (χ2v) is 20.6. The Labute approximate surface area is 360 Å². The molecule has 11 rings (SSSR count). The Bertz CT molecular complexity index is 2970. The lowest BCUT2D eigenvalue weighted by molar-refractivity contribution is 0.491. The van der Waals surface area contributed by atoms with Crippen LogP contribution < -0.4 is 20.7 Å². The highest BCUT2D eigenvalue weighted by Crippen LogP contribution is 2.53. The monoisotopic (exact) mass is 800 g/mol. The number of rotatable bonds is 9. The van der Waals surface area contributed by atoms with Crippen LogP contribution in [0.15, 0.2) is 200 Å². The molecule has 0 radical (unpaired) electrons. The van der Waals surface area contributed by atoms with Crippen LogP contribution in [-0.4, -0.2) is 17.6 Å². The van der Waals surface area contributed by atoms with E-state index in [4.69, 9.17) is 0 Å². The fourth-order valence-corrected chi connectivity index (χ4v) is 15.8. The summed E-state index contributed by atoms with van der Waals surface area (Å²) in [7, 11) is -2.69. The number of pyridine rings is 1. The van der Waals surface area contributed by atoms with Gasteiger partial charge in [0.05, 0.1) is 5.52 Å². The van der Waals surface area contributed by atoms with E-state index in [0.717, 1.165) is 25.7 Å². The molecule has 0 unspecified atom stereocenters. The summed E-state index contributed by atoms with van der Waals surface area (Å²) in [6.45, 7) is 4.80. The van der Waals surface area contributed by atoms with Gasteiger partial charge >= 0.3 is 0 Å². The van der Waals surface area contributed by atoms with E-state index < -0.39 is 8.07 Å². The maximum atomic E-state index is 4.21. The molecule has 0 spiro atoms. The Hall–Kier alpha value is -6.81. The van der Waals surface area contributed by atoms with Crippen molar-refractivity contribution in [3.63, 3.8) is 0 Å². The number of hydrogen-bond donors (Lipinski definition) is 0. The fraction of sp³-hybridized carbons (Fsp3) is 0.121. The zero-order valence-corrected chi connectivity index (χ0v) is 35.9. The zero-order valence-electron chi connectivity index (χ0n) is 34.9. The zero-order chi connectivity index (χ0) is 41.0. The van der Waals surface area contributed by atoms with Gasteiger partial charge in [0.1, 0.15) is 0 Å².